The maximum atomic E-state index is 12.1. The fourth-order valence-electron chi connectivity index (χ4n) is 2.58. The zero-order chi connectivity index (χ0) is 16.5. The average molecular weight is 341 g/mol. The Morgan fingerprint density at radius 3 is 2.55 bits per heavy atom. The molecule has 1 heterocycles. The van der Waals surface area contributed by atoms with E-state index >= 15 is 0 Å². The van der Waals surface area contributed by atoms with Crippen molar-refractivity contribution in [3.05, 3.63) is 16.0 Å². The van der Waals surface area contributed by atoms with Gasteiger partial charge in [0.15, 0.2) is 0 Å². The molecule has 1 aromatic rings. The minimum absolute atomic E-state index is 0.0640. The fourth-order valence-corrected chi connectivity index (χ4v) is 4.61. The molecule has 0 saturated carbocycles. The van der Waals surface area contributed by atoms with Gasteiger partial charge in [-0.1, -0.05) is 19.0 Å². The minimum atomic E-state index is -0.452. The molecule has 0 saturated heterocycles. The summed E-state index contributed by atoms with van der Waals surface area (Å²) in [5.74, 6) is -0.780. The zero-order valence-electron chi connectivity index (χ0n) is 13.3. The Morgan fingerprint density at radius 1 is 1.32 bits per heavy atom. The van der Waals surface area contributed by atoms with Gasteiger partial charge in [0, 0.05) is 12.5 Å². The van der Waals surface area contributed by atoms with Crippen molar-refractivity contribution in [1.29, 1.82) is 0 Å². The highest BCUT2D eigenvalue weighted by Gasteiger charge is 2.37. The molecule has 0 aliphatic heterocycles. The van der Waals surface area contributed by atoms with Gasteiger partial charge in [-0.05, 0) is 30.1 Å². The van der Waals surface area contributed by atoms with Crippen molar-refractivity contribution in [3.8, 4) is 0 Å². The average Bonchev–Trinajstić information content (AvgIpc) is 2.81. The second kappa shape index (κ2) is 6.42. The molecule has 0 fully saturated rings. The van der Waals surface area contributed by atoms with E-state index in [4.69, 9.17) is 9.57 Å². The van der Waals surface area contributed by atoms with Gasteiger partial charge in [0.2, 0.25) is 0 Å². The maximum absolute atomic E-state index is 12.1. The first kappa shape index (κ1) is 17.0. The quantitative estimate of drug-likeness (QED) is 0.364. The molecule has 0 amide bonds. The summed E-state index contributed by atoms with van der Waals surface area (Å²) in [4.78, 5) is 28.6. The lowest BCUT2D eigenvalue weighted by Gasteiger charge is -2.31. The van der Waals surface area contributed by atoms with E-state index < -0.39 is 5.97 Å². The topological polar surface area (TPSA) is 65.0 Å². The summed E-state index contributed by atoms with van der Waals surface area (Å²) in [6, 6.07) is 0. The SMILES string of the molecule is COC(=O)c1sc(SC)c2c1CC(C)(C)C/C2=N/OC(C)=O. The van der Waals surface area contributed by atoms with Crippen molar-refractivity contribution in [2.75, 3.05) is 13.4 Å². The van der Waals surface area contributed by atoms with E-state index in [2.05, 4.69) is 19.0 Å². The third kappa shape index (κ3) is 3.35. The summed E-state index contributed by atoms with van der Waals surface area (Å²) >= 11 is 2.97. The molecule has 0 unspecified atom stereocenters. The maximum Gasteiger partial charge on any atom is 0.348 e. The van der Waals surface area contributed by atoms with E-state index in [1.54, 1.807) is 11.8 Å². The van der Waals surface area contributed by atoms with Crippen molar-refractivity contribution in [1.82, 2.24) is 0 Å². The molecule has 0 N–H and O–H groups in total. The third-order valence-electron chi connectivity index (χ3n) is 3.41. The van der Waals surface area contributed by atoms with E-state index in [9.17, 15) is 9.59 Å². The van der Waals surface area contributed by atoms with Crippen LogP contribution in [0.2, 0.25) is 0 Å². The number of thiophene rings is 1. The van der Waals surface area contributed by atoms with Crippen LogP contribution in [0, 0.1) is 5.41 Å². The van der Waals surface area contributed by atoms with Crippen LogP contribution in [0.4, 0.5) is 0 Å². The molecule has 0 atom stereocenters. The number of ether oxygens (including phenoxy) is 1. The van der Waals surface area contributed by atoms with Gasteiger partial charge in [-0.25, -0.2) is 9.59 Å². The smallest absolute Gasteiger partial charge is 0.348 e. The van der Waals surface area contributed by atoms with Crippen LogP contribution in [0.5, 0.6) is 0 Å². The van der Waals surface area contributed by atoms with Crippen LogP contribution in [0.1, 0.15) is 48.0 Å². The predicted octanol–water partition coefficient (Wildman–Crippen LogP) is 3.50. The molecule has 22 heavy (non-hydrogen) atoms. The largest absolute Gasteiger partial charge is 0.465 e. The molecule has 1 aromatic heterocycles. The number of fused-ring (bicyclic) bond motifs is 1. The van der Waals surface area contributed by atoms with Crippen LogP contribution < -0.4 is 0 Å². The van der Waals surface area contributed by atoms with Gasteiger partial charge in [-0.3, -0.25) is 0 Å². The van der Waals surface area contributed by atoms with Gasteiger partial charge in [0.05, 0.1) is 17.0 Å². The number of oxime groups is 1. The second-order valence-electron chi connectivity index (χ2n) is 5.91. The van der Waals surface area contributed by atoms with Gasteiger partial charge in [-0.15, -0.1) is 23.1 Å². The van der Waals surface area contributed by atoms with Crippen LogP contribution in [-0.2, 0) is 20.8 Å². The summed E-state index contributed by atoms with van der Waals surface area (Å²) in [6.45, 7) is 5.54. The Kier molecular flexibility index (Phi) is 4.97. The minimum Gasteiger partial charge on any atom is -0.465 e. The van der Waals surface area contributed by atoms with Gasteiger partial charge >= 0.3 is 11.9 Å². The number of methoxy groups -OCH3 is 1. The molecular formula is C15H19NO4S2. The number of rotatable bonds is 3. The van der Waals surface area contributed by atoms with E-state index in [0.717, 1.165) is 27.5 Å². The van der Waals surface area contributed by atoms with Crippen molar-refractivity contribution < 1.29 is 19.2 Å². The molecule has 0 bridgehead atoms. The molecule has 1 aliphatic carbocycles. The first-order valence-corrected chi connectivity index (χ1v) is 8.86. The number of nitrogens with zero attached hydrogens (tertiary/aromatic N) is 1. The van der Waals surface area contributed by atoms with Gasteiger partial charge in [0.25, 0.3) is 0 Å². The molecule has 0 spiro atoms. The summed E-state index contributed by atoms with van der Waals surface area (Å²) < 4.78 is 5.90. The fraction of sp³-hybridized carbons (Fsp3) is 0.533. The van der Waals surface area contributed by atoms with Crippen molar-refractivity contribution in [2.24, 2.45) is 10.6 Å². The molecule has 1 aliphatic rings. The highest BCUT2D eigenvalue weighted by Crippen LogP contribution is 2.45. The standard InChI is InChI=1S/C15H19NO4S2/c1-8(17)20-16-10-7-15(2,3)6-9-11(10)14(21-5)22-12(9)13(18)19-4/h6-7H2,1-5H3/b16-10-. The molecular weight excluding hydrogens is 322 g/mol. The van der Waals surface area contributed by atoms with Crippen LogP contribution >= 0.6 is 23.1 Å². The summed E-state index contributed by atoms with van der Waals surface area (Å²) in [5, 5.41) is 4.04. The molecule has 0 radical (unpaired) electrons. The van der Waals surface area contributed by atoms with Crippen molar-refractivity contribution in [3.63, 3.8) is 0 Å². The number of carbonyl (C=O) groups excluding carboxylic acids is 2. The Labute approximate surface area is 138 Å². The van der Waals surface area contributed by atoms with Crippen molar-refractivity contribution >= 4 is 40.7 Å². The van der Waals surface area contributed by atoms with Gasteiger partial charge in [-0.2, -0.15) is 0 Å². The Hall–Kier alpha value is -1.34. The van der Waals surface area contributed by atoms with Gasteiger partial charge < -0.3 is 9.57 Å². The van der Waals surface area contributed by atoms with Crippen LogP contribution in [0.25, 0.3) is 0 Å². The van der Waals surface area contributed by atoms with E-state index in [1.165, 1.54) is 25.4 Å². The summed E-state index contributed by atoms with van der Waals surface area (Å²) in [5.41, 5.74) is 2.53. The van der Waals surface area contributed by atoms with E-state index in [1.807, 2.05) is 6.26 Å². The number of carbonyl (C=O) groups is 2. The summed E-state index contributed by atoms with van der Waals surface area (Å²) in [7, 11) is 1.38. The Morgan fingerprint density at radius 2 is 2.00 bits per heavy atom. The highest BCUT2D eigenvalue weighted by atomic mass is 32.2. The molecule has 7 heteroatoms. The Balaban J connectivity index is 2.61. The number of esters is 1. The number of hydrogen-bond acceptors (Lipinski definition) is 7. The zero-order valence-corrected chi connectivity index (χ0v) is 14.9. The van der Waals surface area contributed by atoms with E-state index in [-0.39, 0.29) is 11.4 Å². The molecule has 5 nitrogen and oxygen atoms in total. The lowest BCUT2D eigenvalue weighted by atomic mass is 9.74. The lowest BCUT2D eigenvalue weighted by Crippen LogP contribution is -2.28. The molecule has 0 aromatic carbocycles. The summed E-state index contributed by atoms with van der Waals surface area (Å²) in [6.07, 6.45) is 3.41. The number of hydrogen-bond donors (Lipinski definition) is 0. The lowest BCUT2D eigenvalue weighted by molar-refractivity contribution is -0.140. The predicted molar refractivity (Wildman–Crippen MR) is 87.8 cm³/mol. The van der Waals surface area contributed by atoms with Gasteiger partial charge in [0.1, 0.15) is 4.88 Å². The van der Waals surface area contributed by atoms with Crippen LogP contribution in [0.15, 0.2) is 9.36 Å². The monoisotopic (exact) mass is 341 g/mol. The molecule has 2 rings (SSSR count). The first-order valence-electron chi connectivity index (χ1n) is 6.82. The second-order valence-corrected chi connectivity index (χ2v) is 8.00. The highest BCUT2D eigenvalue weighted by molar-refractivity contribution is 8.00. The van der Waals surface area contributed by atoms with Crippen LogP contribution in [-0.4, -0.2) is 31.0 Å². The van der Waals surface area contributed by atoms with Crippen molar-refractivity contribution in [2.45, 2.75) is 37.8 Å². The Bertz CT molecular complexity index is 646. The van der Waals surface area contributed by atoms with E-state index in [0.29, 0.717) is 11.3 Å². The normalized spacial score (nSPS) is 18.0. The first-order chi connectivity index (χ1) is 10.3. The number of thioether (sulfide) groups is 1. The molecule has 120 valence electrons. The van der Waals surface area contributed by atoms with Crippen LogP contribution in [0.3, 0.4) is 0 Å². The third-order valence-corrected chi connectivity index (χ3v) is 5.74.